The zero-order valence-corrected chi connectivity index (χ0v) is 15.7. The van der Waals surface area contributed by atoms with Crippen molar-refractivity contribution in [3.63, 3.8) is 0 Å². The summed E-state index contributed by atoms with van der Waals surface area (Å²) in [7, 11) is 0. The first-order valence-electron chi connectivity index (χ1n) is 9.77. The van der Waals surface area contributed by atoms with E-state index < -0.39 is 0 Å². The van der Waals surface area contributed by atoms with Crippen LogP contribution in [0.1, 0.15) is 38.3 Å². The number of hydrogen-bond donors (Lipinski definition) is 1. The van der Waals surface area contributed by atoms with Crippen molar-refractivity contribution in [3.8, 4) is 11.1 Å². The summed E-state index contributed by atoms with van der Waals surface area (Å²) >= 11 is 0. The highest BCUT2D eigenvalue weighted by atomic mass is 19.1. The Hall–Kier alpha value is -2.69. The van der Waals surface area contributed by atoms with Gasteiger partial charge in [-0.2, -0.15) is 0 Å². The first-order chi connectivity index (χ1) is 13.2. The number of nitrogen functional groups attached to an aromatic ring is 1. The van der Waals surface area contributed by atoms with E-state index in [1.807, 2.05) is 19.1 Å². The molecule has 0 amide bonds. The van der Waals surface area contributed by atoms with Gasteiger partial charge in [0.05, 0.1) is 11.2 Å². The van der Waals surface area contributed by atoms with Gasteiger partial charge in [0.1, 0.15) is 17.5 Å². The molecule has 0 unspecified atom stereocenters. The van der Waals surface area contributed by atoms with Crippen molar-refractivity contribution in [1.82, 2.24) is 9.97 Å². The molecule has 2 aromatic heterocycles. The third kappa shape index (κ3) is 3.46. The van der Waals surface area contributed by atoms with Crippen LogP contribution in [0, 0.1) is 5.82 Å². The lowest BCUT2D eigenvalue weighted by molar-refractivity contribution is 0.632. The molecule has 0 aliphatic carbocycles. The zero-order chi connectivity index (χ0) is 18.8. The number of fused-ring (bicyclic) bond motifs is 1. The van der Waals surface area contributed by atoms with E-state index in [2.05, 4.69) is 16.0 Å². The summed E-state index contributed by atoms with van der Waals surface area (Å²) in [5.41, 5.74) is 8.62. The monoisotopic (exact) mass is 364 g/mol. The van der Waals surface area contributed by atoms with Crippen LogP contribution in [0.2, 0.25) is 0 Å². The Morgan fingerprint density at radius 2 is 1.70 bits per heavy atom. The summed E-state index contributed by atoms with van der Waals surface area (Å²) in [6.45, 7) is 4.02. The van der Waals surface area contributed by atoms with E-state index in [0.717, 1.165) is 35.6 Å². The molecule has 3 heterocycles. The van der Waals surface area contributed by atoms with Gasteiger partial charge >= 0.3 is 0 Å². The Kier molecular flexibility index (Phi) is 4.92. The molecule has 0 bridgehead atoms. The topological polar surface area (TPSA) is 55.0 Å². The van der Waals surface area contributed by atoms with Gasteiger partial charge in [0, 0.05) is 29.6 Å². The summed E-state index contributed by atoms with van der Waals surface area (Å²) in [4.78, 5) is 11.6. The molecule has 1 aliphatic heterocycles. The highest BCUT2D eigenvalue weighted by Gasteiger charge is 2.18. The van der Waals surface area contributed by atoms with E-state index in [4.69, 9.17) is 10.7 Å². The lowest BCUT2D eigenvalue weighted by Gasteiger charge is -2.22. The number of aryl methyl sites for hydroxylation is 1. The highest BCUT2D eigenvalue weighted by Crippen LogP contribution is 2.34. The van der Waals surface area contributed by atoms with Crippen LogP contribution in [0.25, 0.3) is 22.0 Å². The minimum absolute atomic E-state index is 0.274. The van der Waals surface area contributed by atoms with Crippen LogP contribution in [0.3, 0.4) is 0 Å². The van der Waals surface area contributed by atoms with Crippen LogP contribution in [-0.2, 0) is 6.42 Å². The number of nitrogens with two attached hydrogens (primary N) is 1. The van der Waals surface area contributed by atoms with Gasteiger partial charge in [0.15, 0.2) is 0 Å². The number of pyridine rings is 2. The SMILES string of the molecule is CCc1nc(N)ccc1-c1c(F)ccc2ccc(N3CCCCCC3)nc12. The van der Waals surface area contributed by atoms with Crippen molar-refractivity contribution in [2.24, 2.45) is 0 Å². The van der Waals surface area contributed by atoms with Crippen molar-refractivity contribution in [2.45, 2.75) is 39.0 Å². The van der Waals surface area contributed by atoms with Crippen LogP contribution >= 0.6 is 0 Å². The minimum Gasteiger partial charge on any atom is -0.384 e. The smallest absolute Gasteiger partial charge is 0.133 e. The summed E-state index contributed by atoms with van der Waals surface area (Å²) in [6, 6.07) is 11.0. The van der Waals surface area contributed by atoms with Crippen molar-refractivity contribution < 1.29 is 4.39 Å². The molecule has 0 saturated carbocycles. The van der Waals surface area contributed by atoms with Crippen LogP contribution in [0.5, 0.6) is 0 Å². The van der Waals surface area contributed by atoms with Gasteiger partial charge in [-0.15, -0.1) is 0 Å². The second-order valence-corrected chi connectivity index (χ2v) is 7.15. The Morgan fingerprint density at radius 3 is 2.44 bits per heavy atom. The lowest BCUT2D eigenvalue weighted by atomic mass is 9.98. The average molecular weight is 364 g/mol. The number of benzene rings is 1. The van der Waals surface area contributed by atoms with E-state index in [0.29, 0.717) is 23.3 Å². The van der Waals surface area contributed by atoms with Gasteiger partial charge in [-0.3, -0.25) is 0 Å². The van der Waals surface area contributed by atoms with Gasteiger partial charge in [0.2, 0.25) is 0 Å². The molecule has 0 spiro atoms. The number of anilines is 2. The van der Waals surface area contributed by atoms with Crippen LogP contribution < -0.4 is 10.6 Å². The molecule has 140 valence electrons. The first kappa shape index (κ1) is 17.7. The molecular formula is C22H25FN4. The maximum Gasteiger partial charge on any atom is 0.133 e. The summed E-state index contributed by atoms with van der Waals surface area (Å²) in [5.74, 6) is 1.11. The summed E-state index contributed by atoms with van der Waals surface area (Å²) in [6.07, 6.45) is 5.57. The predicted octanol–water partition coefficient (Wildman–Crippen LogP) is 4.96. The Morgan fingerprint density at radius 1 is 0.963 bits per heavy atom. The molecule has 3 aromatic rings. The molecule has 1 aliphatic rings. The fraction of sp³-hybridized carbons (Fsp3) is 0.364. The number of nitrogens with zero attached hydrogens (tertiary/aromatic N) is 3. The van der Waals surface area contributed by atoms with Crippen LogP contribution in [-0.4, -0.2) is 23.1 Å². The van der Waals surface area contributed by atoms with Crippen molar-refractivity contribution in [2.75, 3.05) is 23.7 Å². The van der Waals surface area contributed by atoms with E-state index in [9.17, 15) is 4.39 Å². The Bertz CT molecular complexity index is 962. The number of halogens is 1. The molecule has 4 rings (SSSR count). The van der Waals surface area contributed by atoms with E-state index >= 15 is 0 Å². The van der Waals surface area contributed by atoms with Crippen molar-refractivity contribution in [3.05, 3.63) is 47.9 Å². The van der Waals surface area contributed by atoms with E-state index in [1.54, 1.807) is 12.1 Å². The van der Waals surface area contributed by atoms with Gasteiger partial charge in [-0.1, -0.05) is 19.8 Å². The fourth-order valence-corrected chi connectivity index (χ4v) is 3.90. The quantitative estimate of drug-likeness (QED) is 0.713. The van der Waals surface area contributed by atoms with Crippen molar-refractivity contribution >= 4 is 22.5 Å². The zero-order valence-electron chi connectivity index (χ0n) is 15.7. The predicted molar refractivity (Wildman–Crippen MR) is 109 cm³/mol. The van der Waals surface area contributed by atoms with Gasteiger partial charge in [-0.25, -0.2) is 14.4 Å². The molecule has 0 atom stereocenters. The van der Waals surface area contributed by atoms with E-state index in [1.165, 1.54) is 31.7 Å². The molecule has 4 nitrogen and oxygen atoms in total. The third-order valence-electron chi connectivity index (χ3n) is 5.33. The normalized spacial score (nSPS) is 15.1. The Labute approximate surface area is 159 Å². The van der Waals surface area contributed by atoms with Gasteiger partial charge in [-0.05, 0) is 55.7 Å². The second-order valence-electron chi connectivity index (χ2n) is 7.15. The fourth-order valence-electron chi connectivity index (χ4n) is 3.90. The molecule has 5 heteroatoms. The average Bonchev–Trinajstić information content (AvgIpc) is 2.97. The van der Waals surface area contributed by atoms with Gasteiger partial charge in [0.25, 0.3) is 0 Å². The summed E-state index contributed by atoms with van der Waals surface area (Å²) in [5, 5.41) is 0.934. The van der Waals surface area contributed by atoms with Crippen LogP contribution in [0.4, 0.5) is 16.0 Å². The maximum atomic E-state index is 14.9. The second kappa shape index (κ2) is 7.51. The largest absolute Gasteiger partial charge is 0.384 e. The minimum atomic E-state index is -0.274. The standard InChI is InChI=1S/C22H25FN4/c1-2-18-16(9-11-19(24)25-18)21-17(23)10-7-15-8-12-20(26-22(15)21)27-13-5-3-4-6-14-27/h7-12H,2-6,13-14H2,1H3,(H2,24,25). The molecule has 2 N–H and O–H groups in total. The van der Waals surface area contributed by atoms with E-state index in [-0.39, 0.29) is 5.82 Å². The molecule has 1 aromatic carbocycles. The number of aromatic nitrogens is 2. The molecular weight excluding hydrogens is 339 g/mol. The Balaban J connectivity index is 1.89. The number of rotatable bonds is 3. The third-order valence-corrected chi connectivity index (χ3v) is 5.33. The lowest BCUT2D eigenvalue weighted by Crippen LogP contribution is -2.24. The molecule has 0 radical (unpaired) electrons. The maximum absolute atomic E-state index is 14.9. The molecule has 1 fully saturated rings. The first-order valence-corrected chi connectivity index (χ1v) is 9.77. The van der Waals surface area contributed by atoms with Crippen LogP contribution in [0.15, 0.2) is 36.4 Å². The highest BCUT2D eigenvalue weighted by molar-refractivity contribution is 5.95. The molecule has 1 saturated heterocycles. The van der Waals surface area contributed by atoms with Crippen molar-refractivity contribution in [1.29, 1.82) is 0 Å². The molecule has 27 heavy (non-hydrogen) atoms. The van der Waals surface area contributed by atoms with Gasteiger partial charge < -0.3 is 10.6 Å². The summed E-state index contributed by atoms with van der Waals surface area (Å²) < 4.78 is 14.9. The number of hydrogen-bond acceptors (Lipinski definition) is 4.